The predicted molar refractivity (Wildman–Crippen MR) is 178 cm³/mol. The second-order valence-electron chi connectivity index (χ2n) is 11.0. The lowest BCUT2D eigenvalue weighted by atomic mass is 10.0. The molecule has 0 radical (unpaired) electrons. The summed E-state index contributed by atoms with van der Waals surface area (Å²) in [5, 5.41) is 1.35. The zero-order valence-electron chi connectivity index (χ0n) is 23.7. The summed E-state index contributed by atoms with van der Waals surface area (Å²) >= 11 is 0. The van der Waals surface area contributed by atoms with E-state index in [0.717, 1.165) is 57.9 Å². The van der Waals surface area contributed by atoms with Crippen molar-refractivity contribution in [2.45, 2.75) is 12.8 Å². The molecule has 2 aromatic heterocycles. The molecule has 0 atom stereocenters. The molecule has 0 saturated heterocycles. The third kappa shape index (κ3) is 4.65. The van der Waals surface area contributed by atoms with E-state index in [1.807, 2.05) is 36.4 Å². The minimum absolute atomic E-state index is 0.718. The van der Waals surface area contributed by atoms with Crippen molar-refractivity contribution >= 4 is 17.0 Å². The van der Waals surface area contributed by atoms with Gasteiger partial charge in [0.1, 0.15) is 0 Å². The van der Waals surface area contributed by atoms with Crippen molar-refractivity contribution in [3.05, 3.63) is 157 Å². The van der Waals surface area contributed by atoms with E-state index in [9.17, 15) is 0 Å². The first-order chi connectivity index (χ1) is 21.3. The molecule has 0 unspecified atom stereocenters. The molecule has 2 heterocycles. The molecule has 204 valence electrons. The highest BCUT2D eigenvalue weighted by Gasteiger charge is 2.18. The van der Waals surface area contributed by atoms with Gasteiger partial charge in [-0.3, -0.25) is 0 Å². The Morgan fingerprint density at radius 2 is 1.14 bits per heavy atom. The summed E-state index contributed by atoms with van der Waals surface area (Å²) in [6.45, 7) is 0. The normalized spacial score (nSPS) is 12.4. The summed E-state index contributed by atoms with van der Waals surface area (Å²) in [7, 11) is 0. The van der Waals surface area contributed by atoms with E-state index >= 15 is 0 Å². The Balaban J connectivity index is 1.19. The molecule has 0 bridgehead atoms. The minimum atomic E-state index is 0.718. The van der Waals surface area contributed by atoms with Crippen molar-refractivity contribution in [3.63, 3.8) is 0 Å². The molecular weight excluding hydrogens is 522 g/mol. The minimum Gasteiger partial charge on any atom is -0.310 e. The number of hydrogen-bond donors (Lipinski definition) is 0. The maximum atomic E-state index is 5.03. The third-order valence-corrected chi connectivity index (χ3v) is 8.30. The SMILES string of the molecule is C1=Cc2c(c3ccccc3n2-c2ccc(-c3cccc(-c4nc(-c5ccccc5)cc(-c5ccccc5)n4)c3)cc2)CC1. The number of para-hydroxylation sites is 1. The Hall–Kier alpha value is -5.54. The molecule has 0 fully saturated rings. The van der Waals surface area contributed by atoms with Crippen LogP contribution in [-0.2, 0) is 6.42 Å². The quantitative estimate of drug-likeness (QED) is 0.213. The van der Waals surface area contributed by atoms with Crippen molar-refractivity contribution < 1.29 is 0 Å². The fraction of sp³-hybridized carbons (Fsp3) is 0.0500. The van der Waals surface area contributed by atoms with E-state index in [0.29, 0.717) is 0 Å². The van der Waals surface area contributed by atoms with Gasteiger partial charge in [-0.1, -0.05) is 115 Å². The van der Waals surface area contributed by atoms with Gasteiger partial charge in [0.25, 0.3) is 0 Å². The summed E-state index contributed by atoms with van der Waals surface area (Å²) in [6.07, 6.45) is 6.75. The Morgan fingerprint density at radius 1 is 0.512 bits per heavy atom. The van der Waals surface area contributed by atoms with Gasteiger partial charge in [0.15, 0.2) is 5.82 Å². The summed E-state index contributed by atoms with van der Waals surface area (Å²) in [5.41, 5.74) is 12.4. The van der Waals surface area contributed by atoms with E-state index in [-0.39, 0.29) is 0 Å². The zero-order chi connectivity index (χ0) is 28.6. The molecule has 5 aromatic carbocycles. The van der Waals surface area contributed by atoms with E-state index in [1.54, 1.807) is 0 Å². The van der Waals surface area contributed by atoms with E-state index in [4.69, 9.17) is 9.97 Å². The zero-order valence-corrected chi connectivity index (χ0v) is 23.7. The predicted octanol–water partition coefficient (Wildman–Crippen LogP) is 10.0. The van der Waals surface area contributed by atoms with E-state index < -0.39 is 0 Å². The molecule has 1 aliphatic carbocycles. The van der Waals surface area contributed by atoms with Gasteiger partial charge in [0.05, 0.1) is 16.9 Å². The van der Waals surface area contributed by atoms with E-state index in [2.05, 4.69) is 120 Å². The number of allylic oxidation sites excluding steroid dienone is 1. The summed E-state index contributed by atoms with van der Waals surface area (Å²) < 4.78 is 2.40. The molecule has 0 spiro atoms. The fourth-order valence-electron chi connectivity index (χ4n) is 6.20. The molecule has 0 saturated carbocycles. The van der Waals surface area contributed by atoms with Crippen LogP contribution < -0.4 is 0 Å². The van der Waals surface area contributed by atoms with Gasteiger partial charge >= 0.3 is 0 Å². The first-order valence-electron chi connectivity index (χ1n) is 14.8. The van der Waals surface area contributed by atoms with Crippen LogP contribution in [0.1, 0.15) is 17.7 Å². The molecule has 7 aromatic rings. The highest BCUT2D eigenvalue weighted by atomic mass is 15.0. The van der Waals surface area contributed by atoms with Crippen LogP contribution in [0.2, 0.25) is 0 Å². The monoisotopic (exact) mass is 551 g/mol. The molecule has 0 N–H and O–H groups in total. The molecule has 43 heavy (non-hydrogen) atoms. The van der Waals surface area contributed by atoms with Crippen LogP contribution in [0.4, 0.5) is 0 Å². The highest BCUT2D eigenvalue weighted by molar-refractivity contribution is 5.90. The van der Waals surface area contributed by atoms with Crippen LogP contribution in [0.3, 0.4) is 0 Å². The van der Waals surface area contributed by atoms with Gasteiger partial charge in [-0.15, -0.1) is 0 Å². The van der Waals surface area contributed by atoms with Crippen molar-refractivity contribution in [2.75, 3.05) is 0 Å². The molecule has 8 rings (SSSR count). The summed E-state index contributed by atoms with van der Waals surface area (Å²) in [6, 6.07) is 48.9. The second kappa shape index (κ2) is 10.7. The van der Waals surface area contributed by atoms with Gasteiger partial charge < -0.3 is 4.57 Å². The van der Waals surface area contributed by atoms with Gasteiger partial charge in [-0.05, 0) is 65.9 Å². The maximum absolute atomic E-state index is 5.03. The summed E-state index contributed by atoms with van der Waals surface area (Å²) in [5.74, 6) is 0.718. The van der Waals surface area contributed by atoms with Gasteiger partial charge in [-0.2, -0.15) is 0 Å². The third-order valence-electron chi connectivity index (χ3n) is 8.30. The molecule has 3 nitrogen and oxygen atoms in total. The Morgan fingerprint density at radius 3 is 1.86 bits per heavy atom. The van der Waals surface area contributed by atoms with Crippen LogP contribution in [0.5, 0.6) is 0 Å². The Labute approximate surface area is 251 Å². The lowest BCUT2D eigenvalue weighted by Gasteiger charge is -2.13. The van der Waals surface area contributed by atoms with Gasteiger partial charge in [0.2, 0.25) is 0 Å². The Bertz CT molecular complexity index is 2050. The number of hydrogen-bond acceptors (Lipinski definition) is 2. The number of benzene rings is 5. The largest absolute Gasteiger partial charge is 0.310 e. The average molecular weight is 552 g/mol. The van der Waals surface area contributed by atoms with Crippen LogP contribution in [-0.4, -0.2) is 14.5 Å². The number of nitrogens with zero attached hydrogens (tertiary/aromatic N) is 3. The van der Waals surface area contributed by atoms with Crippen LogP contribution in [0, 0.1) is 0 Å². The van der Waals surface area contributed by atoms with Crippen molar-refractivity contribution in [1.82, 2.24) is 14.5 Å². The molecule has 1 aliphatic rings. The van der Waals surface area contributed by atoms with Crippen molar-refractivity contribution in [1.29, 1.82) is 0 Å². The van der Waals surface area contributed by atoms with Gasteiger partial charge in [-0.25, -0.2) is 9.97 Å². The lowest BCUT2D eigenvalue weighted by Crippen LogP contribution is -2.00. The van der Waals surface area contributed by atoms with Crippen molar-refractivity contribution in [2.24, 2.45) is 0 Å². The van der Waals surface area contributed by atoms with Crippen LogP contribution in [0.25, 0.3) is 67.7 Å². The van der Waals surface area contributed by atoms with Gasteiger partial charge in [0, 0.05) is 33.5 Å². The first kappa shape index (κ1) is 25.2. The molecule has 0 aliphatic heterocycles. The second-order valence-corrected chi connectivity index (χ2v) is 11.0. The van der Waals surface area contributed by atoms with Crippen molar-refractivity contribution in [3.8, 4) is 50.7 Å². The maximum Gasteiger partial charge on any atom is 0.160 e. The lowest BCUT2D eigenvalue weighted by molar-refractivity contribution is 0.967. The highest BCUT2D eigenvalue weighted by Crippen LogP contribution is 2.35. The summed E-state index contributed by atoms with van der Waals surface area (Å²) in [4.78, 5) is 10.1. The Kier molecular flexibility index (Phi) is 6.27. The van der Waals surface area contributed by atoms with Crippen LogP contribution >= 0.6 is 0 Å². The number of aryl methyl sites for hydroxylation is 1. The average Bonchev–Trinajstić information content (AvgIpc) is 3.43. The topological polar surface area (TPSA) is 30.7 Å². The number of fused-ring (bicyclic) bond motifs is 3. The molecule has 3 heteroatoms. The first-order valence-corrected chi connectivity index (χ1v) is 14.8. The molecular formula is C40H29N3. The number of aromatic nitrogens is 3. The standard InChI is InChI=1S/C40H29N3/c1-3-12-29(13-4-1)36-27-37(30-14-5-2-6-15-30)42-40(41-36)32-17-11-16-31(26-32)28-22-24-33(25-23-28)43-38-20-9-7-18-34(38)35-19-8-10-21-39(35)43/h1-7,9-18,20-27H,8,19H2. The van der Waals surface area contributed by atoms with E-state index in [1.165, 1.54) is 27.8 Å². The van der Waals surface area contributed by atoms with Crippen LogP contribution in [0.15, 0.2) is 146 Å². The molecule has 0 amide bonds. The fourth-order valence-corrected chi connectivity index (χ4v) is 6.20. The number of rotatable bonds is 5. The smallest absolute Gasteiger partial charge is 0.160 e.